The van der Waals surface area contributed by atoms with Gasteiger partial charge in [0.15, 0.2) is 5.16 Å². The number of benzene rings is 1. The minimum Gasteiger partial charge on any atom is -0.354 e. The number of thioether (sulfide) groups is 1. The molecule has 0 unspecified atom stereocenters. The van der Waals surface area contributed by atoms with E-state index in [4.69, 9.17) is 11.6 Å². The Hall–Kier alpha value is -3.11. The lowest BCUT2D eigenvalue weighted by Gasteiger charge is -2.09. The van der Waals surface area contributed by atoms with Crippen molar-refractivity contribution >= 4 is 40.6 Å². The summed E-state index contributed by atoms with van der Waals surface area (Å²) in [6.45, 7) is 4.28. The fraction of sp³-hybridized carbons (Fsp3) is 0.211. The molecule has 156 valence electrons. The molecule has 0 atom stereocenters. The zero-order chi connectivity index (χ0) is 21.7. The molecule has 1 aromatic carbocycles. The smallest absolute Gasteiger partial charge is 0.271 e. The average Bonchev–Trinajstić information content (AvgIpc) is 3.29. The lowest BCUT2D eigenvalue weighted by Crippen LogP contribution is -2.15. The zero-order valence-electron chi connectivity index (χ0n) is 16.1. The number of anilines is 1. The largest absolute Gasteiger partial charge is 0.354 e. The van der Waals surface area contributed by atoms with Gasteiger partial charge in [-0.25, -0.2) is 0 Å². The highest BCUT2D eigenvalue weighted by Crippen LogP contribution is 2.27. The zero-order valence-corrected chi connectivity index (χ0v) is 17.7. The summed E-state index contributed by atoms with van der Waals surface area (Å²) < 4.78 is 3.91. The van der Waals surface area contributed by atoms with Gasteiger partial charge in [-0.3, -0.25) is 14.9 Å². The fourth-order valence-corrected chi connectivity index (χ4v) is 3.68. The average molecular weight is 447 g/mol. The van der Waals surface area contributed by atoms with Gasteiger partial charge >= 0.3 is 0 Å². The Bertz CT molecular complexity index is 1090. The molecule has 0 aliphatic heterocycles. The van der Waals surface area contributed by atoms with Crippen molar-refractivity contribution in [3.63, 3.8) is 0 Å². The summed E-state index contributed by atoms with van der Waals surface area (Å²) in [5, 5.41) is 22.8. The van der Waals surface area contributed by atoms with Gasteiger partial charge in [-0.05, 0) is 18.2 Å². The molecule has 2 aromatic heterocycles. The summed E-state index contributed by atoms with van der Waals surface area (Å²) in [4.78, 5) is 22.7. The second-order valence-corrected chi connectivity index (χ2v) is 7.69. The van der Waals surface area contributed by atoms with Gasteiger partial charge in [-0.2, -0.15) is 0 Å². The second-order valence-electron chi connectivity index (χ2n) is 6.34. The fourth-order valence-electron chi connectivity index (χ4n) is 2.75. The molecule has 3 rings (SSSR count). The monoisotopic (exact) mass is 446 g/mol. The van der Waals surface area contributed by atoms with Crippen LogP contribution in [-0.2, 0) is 24.8 Å². The van der Waals surface area contributed by atoms with Gasteiger partial charge < -0.3 is 14.5 Å². The number of carbonyl (C=O) groups excluding carboxylic acids is 1. The number of nitrogens with zero attached hydrogens (tertiary/aromatic N) is 5. The number of halogens is 1. The number of nitro groups is 1. The number of allylic oxidation sites excluding steroid dienone is 1. The molecule has 0 aliphatic carbocycles. The quantitative estimate of drug-likeness (QED) is 0.232. The van der Waals surface area contributed by atoms with Crippen molar-refractivity contribution in [2.24, 2.45) is 7.05 Å². The Morgan fingerprint density at radius 1 is 1.40 bits per heavy atom. The van der Waals surface area contributed by atoms with Gasteiger partial charge in [-0.1, -0.05) is 29.4 Å². The topological polar surface area (TPSA) is 108 Å². The van der Waals surface area contributed by atoms with E-state index in [0.29, 0.717) is 18.1 Å². The van der Waals surface area contributed by atoms with Crippen molar-refractivity contribution < 1.29 is 9.72 Å². The molecule has 0 radical (unpaired) electrons. The SMILES string of the molecule is C=CCn1c(Cc2cccn2C)nnc1SCC(=O)Nc1cc([N+](=O)[O-])ccc1Cl. The van der Waals surface area contributed by atoms with Crippen LogP contribution in [0.4, 0.5) is 11.4 Å². The third-order valence-corrected chi connectivity index (χ3v) is 5.56. The van der Waals surface area contributed by atoms with Crippen LogP contribution in [0.3, 0.4) is 0 Å². The lowest BCUT2D eigenvalue weighted by atomic mass is 10.3. The first-order valence-corrected chi connectivity index (χ1v) is 10.2. The normalized spacial score (nSPS) is 10.7. The molecule has 0 saturated heterocycles. The van der Waals surface area contributed by atoms with Gasteiger partial charge in [0.2, 0.25) is 5.91 Å². The predicted molar refractivity (Wildman–Crippen MR) is 116 cm³/mol. The molecule has 0 bridgehead atoms. The van der Waals surface area contributed by atoms with Crippen LogP contribution in [0.25, 0.3) is 0 Å². The Balaban J connectivity index is 1.69. The number of amides is 1. The summed E-state index contributed by atoms with van der Waals surface area (Å²) in [5.41, 5.74) is 1.12. The van der Waals surface area contributed by atoms with E-state index in [0.717, 1.165) is 11.5 Å². The molecule has 2 heterocycles. The number of hydrogen-bond donors (Lipinski definition) is 1. The molecule has 0 aliphatic rings. The molecule has 3 aromatic rings. The molecule has 0 fully saturated rings. The molecular weight excluding hydrogens is 428 g/mol. The molecule has 9 nitrogen and oxygen atoms in total. The predicted octanol–water partition coefficient (Wildman–Crippen LogP) is 3.69. The van der Waals surface area contributed by atoms with Gasteiger partial charge in [0.05, 0.1) is 21.4 Å². The van der Waals surface area contributed by atoms with Gasteiger partial charge in [0, 0.05) is 44.0 Å². The third kappa shape index (κ3) is 5.08. The molecule has 0 spiro atoms. The summed E-state index contributed by atoms with van der Waals surface area (Å²) in [5.74, 6) is 0.444. The van der Waals surface area contributed by atoms with E-state index >= 15 is 0 Å². The second kappa shape index (κ2) is 9.59. The van der Waals surface area contributed by atoms with Crippen LogP contribution in [0.1, 0.15) is 11.5 Å². The van der Waals surface area contributed by atoms with Crippen LogP contribution < -0.4 is 5.32 Å². The highest BCUT2D eigenvalue weighted by Gasteiger charge is 2.16. The first kappa shape index (κ1) is 21.6. The molecule has 0 saturated carbocycles. The minimum atomic E-state index is -0.549. The number of rotatable bonds is 9. The highest BCUT2D eigenvalue weighted by atomic mass is 35.5. The van der Waals surface area contributed by atoms with E-state index in [9.17, 15) is 14.9 Å². The van der Waals surface area contributed by atoms with E-state index in [2.05, 4.69) is 22.1 Å². The molecule has 1 amide bonds. The minimum absolute atomic E-state index is 0.0401. The van der Waals surface area contributed by atoms with Crippen molar-refractivity contribution in [2.75, 3.05) is 11.1 Å². The number of hydrogen-bond acceptors (Lipinski definition) is 6. The van der Waals surface area contributed by atoms with Gasteiger partial charge in [-0.15, -0.1) is 16.8 Å². The van der Waals surface area contributed by atoms with E-state index in [1.165, 1.54) is 30.0 Å². The number of nitro benzene ring substituents is 1. The van der Waals surface area contributed by atoms with Gasteiger partial charge in [0.1, 0.15) is 5.82 Å². The number of aryl methyl sites for hydroxylation is 1. The first-order chi connectivity index (χ1) is 14.4. The maximum atomic E-state index is 12.4. The lowest BCUT2D eigenvalue weighted by molar-refractivity contribution is -0.384. The van der Waals surface area contributed by atoms with Gasteiger partial charge in [0.25, 0.3) is 5.69 Å². The Labute approximate surface area is 181 Å². The molecule has 30 heavy (non-hydrogen) atoms. The summed E-state index contributed by atoms with van der Waals surface area (Å²) >= 11 is 7.24. The van der Waals surface area contributed by atoms with E-state index in [-0.39, 0.29) is 28.1 Å². The van der Waals surface area contributed by atoms with Crippen molar-refractivity contribution in [2.45, 2.75) is 18.1 Å². The summed E-state index contributed by atoms with van der Waals surface area (Å²) in [6, 6.07) is 7.85. The number of nitrogens with one attached hydrogen (secondary N) is 1. The summed E-state index contributed by atoms with van der Waals surface area (Å²) in [6.07, 6.45) is 4.30. The molecule has 11 heteroatoms. The van der Waals surface area contributed by atoms with E-state index < -0.39 is 4.92 Å². The van der Waals surface area contributed by atoms with Crippen LogP contribution in [-0.4, -0.2) is 35.9 Å². The van der Waals surface area contributed by atoms with Crippen LogP contribution >= 0.6 is 23.4 Å². The van der Waals surface area contributed by atoms with Crippen LogP contribution in [0.5, 0.6) is 0 Å². The van der Waals surface area contributed by atoms with Crippen molar-refractivity contribution in [1.29, 1.82) is 0 Å². The standard InChI is InChI=1S/C19H19ClN6O3S/c1-3-8-25-17(11-13-5-4-9-24(13)2)22-23-19(25)30-12-18(27)21-16-10-14(26(28)29)6-7-15(16)20/h3-7,9-10H,1,8,11-12H2,2H3,(H,21,27). The molecule has 1 N–H and O–H groups in total. The number of carbonyl (C=O) groups is 1. The Morgan fingerprint density at radius 3 is 2.87 bits per heavy atom. The Morgan fingerprint density at radius 2 is 2.20 bits per heavy atom. The number of aromatic nitrogens is 4. The van der Waals surface area contributed by atoms with Crippen LogP contribution in [0.2, 0.25) is 5.02 Å². The summed E-state index contributed by atoms with van der Waals surface area (Å²) in [7, 11) is 1.96. The number of non-ortho nitro benzene ring substituents is 1. The Kier molecular flexibility index (Phi) is 6.91. The van der Waals surface area contributed by atoms with Crippen LogP contribution in [0, 0.1) is 10.1 Å². The maximum Gasteiger partial charge on any atom is 0.271 e. The first-order valence-electron chi connectivity index (χ1n) is 8.88. The third-order valence-electron chi connectivity index (χ3n) is 4.26. The van der Waals surface area contributed by atoms with Crippen molar-refractivity contribution in [3.05, 3.63) is 75.8 Å². The molecular formula is C19H19ClN6O3S. The highest BCUT2D eigenvalue weighted by molar-refractivity contribution is 7.99. The van der Waals surface area contributed by atoms with E-state index in [1.54, 1.807) is 6.08 Å². The van der Waals surface area contributed by atoms with Crippen molar-refractivity contribution in [1.82, 2.24) is 19.3 Å². The van der Waals surface area contributed by atoms with Crippen molar-refractivity contribution in [3.8, 4) is 0 Å². The maximum absolute atomic E-state index is 12.4. The van der Waals surface area contributed by atoms with Crippen LogP contribution in [0.15, 0.2) is 54.3 Å². The van der Waals surface area contributed by atoms with E-state index in [1.807, 2.05) is 34.5 Å².